The van der Waals surface area contributed by atoms with Crippen LogP contribution >= 0.6 is 30.7 Å². The Balaban J connectivity index is 2.01. The summed E-state index contributed by atoms with van der Waals surface area (Å²) in [5.74, 6) is -2.32. The van der Waals surface area contributed by atoms with E-state index in [4.69, 9.17) is 11.6 Å². The van der Waals surface area contributed by atoms with Crippen LogP contribution in [0.25, 0.3) is 0 Å². The molecule has 1 atom stereocenters. The van der Waals surface area contributed by atoms with E-state index < -0.39 is 37.5 Å². The third kappa shape index (κ3) is 5.98. The van der Waals surface area contributed by atoms with E-state index in [1.165, 1.54) is 12.5 Å². The molecule has 17 heteroatoms. The van der Waals surface area contributed by atoms with E-state index in [1.807, 2.05) is 5.09 Å². The monoisotopic (exact) mass is 496 g/mol. The number of halogens is 1. The largest absolute Gasteiger partial charge is 0.435 e. The number of likely N-dealkylation sites (tertiary alicyclic amines) is 1. The minimum atomic E-state index is -3.88. The molecule has 0 aromatic carbocycles. The van der Waals surface area contributed by atoms with E-state index >= 15 is 0 Å². The van der Waals surface area contributed by atoms with Crippen LogP contribution in [-0.4, -0.2) is 79.1 Å². The maximum absolute atomic E-state index is 12.5. The van der Waals surface area contributed by atoms with Crippen LogP contribution in [0.3, 0.4) is 0 Å². The molecule has 5 amide bonds. The Hall–Kier alpha value is -2.58. The number of anilines is 1. The lowest BCUT2D eigenvalue weighted by Gasteiger charge is -2.37. The van der Waals surface area contributed by atoms with Gasteiger partial charge in [-0.25, -0.2) is 19.4 Å². The van der Waals surface area contributed by atoms with Crippen molar-refractivity contribution in [2.75, 3.05) is 39.1 Å². The molecule has 1 aliphatic rings. The number of imide groups is 1. The zero-order valence-electron chi connectivity index (χ0n) is 16.4. The maximum Gasteiger partial charge on any atom is 0.435 e. The van der Waals surface area contributed by atoms with Gasteiger partial charge in [-0.3, -0.25) is 28.3 Å². The third-order valence-corrected chi connectivity index (χ3v) is 6.13. The molecule has 1 aromatic rings. The number of amides is 5. The van der Waals surface area contributed by atoms with E-state index in [0.717, 1.165) is 25.6 Å². The van der Waals surface area contributed by atoms with Crippen molar-refractivity contribution >= 4 is 65.3 Å². The van der Waals surface area contributed by atoms with Crippen LogP contribution in [0.15, 0.2) is 10.5 Å². The van der Waals surface area contributed by atoms with Crippen molar-refractivity contribution < 1.29 is 37.6 Å². The number of aromatic nitrogens is 1. The summed E-state index contributed by atoms with van der Waals surface area (Å²) in [6.45, 7) is -0.196. The highest BCUT2D eigenvalue weighted by molar-refractivity contribution is 7.52. The molecule has 0 aliphatic carbocycles. The van der Waals surface area contributed by atoms with Crippen LogP contribution in [0, 0.1) is 0 Å². The van der Waals surface area contributed by atoms with Gasteiger partial charge >= 0.3 is 13.8 Å². The van der Waals surface area contributed by atoms with Crippen LogP contribution in [0.1, 0.15) is 5.69 Å². The van der Waals surface area contributed by atoms with E-state index in [1.54, 1.807) is 0 Å². The summed E-state index contributed by atoms with van der Waals surface area (Å²) in [6, 6.07) is -2.05. The topological polar surface area (TPSA) is 178 Å². The van der Waals surface area contributed by atoms with Crippen molar-refractivity contribution in [1.29, 1.82) is 0 Å². The summed E-state index contributed by atoms with van der Waals surface area (Å²) in [6.07, 6.45) is 0. The Labute approximate surface area is 184 Å². The molecule has 170 valence electrons. The van der Waals surface area contributed by atoms with Gasteiger partial charge in [0.2, 0.25) is 5.91 Å². The van der Waals surface area contributed by atoms with Crippen LogP contribution in [0.4, 0.5) is 9.93 Å². The highest BCUT2D eigenvalue weighted by Gasteiger charge is 2.44. The number of nitrogens with one attached hydrogen (secondary N) is 3. The highest BCUT2D eigenvalue weighted by Crippen LogP contribution is 2.41. The first-order valence-electron chi connectivity index (χ1n) is 8.26. The molecule has 2 heterocycles. The maximum atomic E-state index is 12.5. The summed E-state index contributed by atoms with van der Waals surface area (Å²) in [4.78, 5) is 57.5. The van der Waals surface area contributed by atoms with Gasteiger partial charge in [0.1, 0.15) is 24.7 Å². The molecule has 3 N–H and O–H groups in total. The molecule has 0 unspecified atom stereocenters. The fourth-order valence-corrected chi connectivity index (χ4v) is 3.64. The SMILES string of the molecule is CO/N=C(\C(=O)N[C@H]1CN(C(=O)NP(=O)(OC)OC)C1=O)c1csc(NC(=O)CCl)n1. The molecule has 0 spiro atoms. The molecule has 1 aliphatic heterocycles. The van der Waals surface area contributed by atoms with E-state index in [0.29, 0.717) is 4.90 Å². The second kappa shape index (κ2) is 10.6. The quantitative estimate of drug-likeness (QED) is 0.141. The van der Waals surface area contributed by atoms with Gasteiger partial charge in [0, 0.05) is 19.6 Å². The van der Waals surface area contributed by atoms with Gasteiger partial charge in [0.15, 0.2) is 10.8 Å². The predicted molar refractivity (Wildman–Crippen MR) is 109 cm³/mol. The number of carbonyl (C=O) groups is 4. The van der Waals surface area contributed by atoms with E-state index in [-0.39, 0.29) is 29.0 Å². The average molecular weight is 497 g/mol. The molecule has 31 heavy (non-hydrogen) atoms. The second-order valence-corrected chi connectivity index (χ2v) is 8.67. The van der Waals surface area contributed by atoms with Gasteiger partial charge in [0.25, 0.3) is 11.8 Å². The van der Waals surface area contributed by atoms with Crippen molar-refractivity contribution in [2.45, 2.75) is 6.04 Å². The molecular formula is C14H18ClN6O8PS. The van der Waals surface area contributed by atoms with Crippen molar-refractivity contribution in [3.05, 3.63) is 11.1 Å². The van der Waals surface area contributed by atoms with Gasteiger partial charge in [-0.05, 0) is 0 Å². The minimum absolute atomic E-state index is 0.0803. The Kier molecular flexibility index (Phi) is 8.47. The summed E-state index contributed by atoms with van der Waals surface area (Å²) < 4.78 is 21.1. The van der Waals surface area contributed by atoms with Crippen molar-refractivity contribution in [1.82, 2.24) is 20.3 Å². The van der Waals surface area contributed by atoms with E-state index in [2.05, 4.69) is 34.7 Å². The van der Waals surface area contributed by atoms with Gasteiger partial charge < -0.3 is 15.5 Å². The minimum Gasteiger partial charge on any atom is -0.398 e. The Morgan fingerprint density at radius 2 is 2.03 bits per heavy atom. The normalized spacial score (nSPS) is 16.4. The number of urea groups is 1. The third-order valence-electron chi connectivity index (χ3n) is 3.71. The Morgan fingerprint density at radius 1 is 1.35 bits per heavy atom. The predicted octanol–water partition coefficient (Wildman–Crippen LogP) is 0.108. The lowest BCUT2D eigenvalue weighted by atomic mass is 10.1. The molecule has 1 saturated heterocycles. The van der Waals surface area contributed by atoms with Gasteiger partial charge in [0.05, 0.1) is 6.54 Å². The number of nitrogens with zero attached hydrogens (tertiary/aromatic N) is 3. The number of oxime groups is 1. The van der Waals surface area contributed by atoms with Gasteiger partial charge in [-0.15, -0.1) is 22.9 Å². The summed E-state index contributed by atoms with van der Waals surface area (Å²) in [7, 11) is -0.547. The van der Waals surface area contributed by atoms with Crippen molar-refractivity contribution in [3.63, 3.8) is 0 Å². The first-order chi connectivity index (χ1) is 14.7. The number of rotatable bonds is 9. The van der Waals surface area contributed by atoms with Crippen molar-refractivity contribution in [3.8, 4) is 0 Å². The molecular weight excluding hydrogens is 479 g/mol. The number of carbonyl (C=O) groups excluding carboxylic acids is 4. The number of thiazole rings is 1. The zero-order chi connectivity index (χ0) is 23.2. The highest BCUT2D eigenvalue weighted by atomic mass is 35.5. The number of hydrogen-bond acceptors (Lipinski definition) is 11. The summed E-state index contributed by atoms with van der Waals surface area (Å²) in [5, 5.41) is 12.0. The van der Waals surface area contributed by atoms with Crippen LogP contribution in [-0.2, 0) is 32.8 Å². The molecule has 14 nitrogen and oxygen atoms in total. The zero-order valence-corrected chi connectivity index (χ0v) is 18.9. The first-order valence-corrected chi connectivity index (χ1v) is 11.2. The molecule has 0 bridgehead atoms. The van der Waals surface area contributed by atoms with E-state index in [9.17, 15) is 23.7 Å². The molecule has 2 rings (SSSR count). The standard InChI is InChI=1S/C14H18ClN6O8PS/c1-27-19-10(8-6-31-13(17-8)18-9(22)4-15)11(23)16-7-5-21(12(7)24)14(25)20-30(26,28-2)29-3/h6-7H,4-5H2,1-3H3,(H,16,23)(H,17,18,22)(H,20,25,26)/b19-10-/t7-/m0/s1. The average Bonchev–Trinajstić information content (AvgIpc) is 3.21. The van der Waals surface area contributed by atoms with Crippen LogP contribution in [0.2, 0.25) is 0 Å². The van der Waals surface area contributed by atoms with Crippen molar-refractivity contribution in [2.24, 2.45) is 5.16 Å². The second-order valence-electron chi connectivity index (χ2n) is 5.60. The van der Waals surface area contributed by atoms with Crippen LogP contribution in [0.5, 0.6) is 0 Å². The molecule has 0 radical (unpaired) electrons. The Bertz CT molecular complexity index is 947. The summed E-state index contributed by atoms with van der Waals surface area (Å²) >= 11 is 6.44. The lowest BCUT2D eigenvalue weighted by molar-refractivity contribution is -0.141. The lowest BCUT2D eigenvalue weighted by Crippen LogP contribution is -2.67. The van der Waals surface area contributed by atoms with Crippen LogP contribution < -0.4 is 15.7 Å². The molecule has 1 fully saturated rings. The smallest absolute Gasteiger partial charge is 0.398 e. The molecule has 1 aromatic heterocycles. The number of hydrogen-bond donors (Lipinski definition) is 3. The van der Waals surface area contributed by atoms with Gasteiger partial charge in [-0.1, -0.05) is 5.16 Å². The Morgan fingerprint density at radius 3 is 2.58 bits per heavy atom. The fourth-order valence-electron chi connectivity index (χ4n) is 2.18. The van der Waals surface area contributed by atoms with Gasteiger partial charge in [-0.2, -0.15) is 0 Å². The number of alkyl halides is 1. The fraction of sp³-hybridized carbons (Fsp3) is 0.429. The first kappa shape index (κ1) is 24.7. The summed E-state index contributed by atoms with van der Waals surface area (Å²) in [5.41, 5.74) is -0.180. The molecule has 0 saturated carbocycles. The number of β-lactam (4-membered cyclic amide) rings is 1.